The van der Waals surface area contributed by atoms with Crippen LogP contribution in [0.3, 0.4) is 0 Å². The Morgan fingerprint density at radius 3 is 2.86 bits per heavy atom. The number of anilines is 1. The van der Waals surface area contributed by atoms with E-state index in [4.69, 9.17) is 5.73 Å². The van der Waals surface area contributed by atoms with Crippen LogP contribution in [0.25, 0.3) is 0 Å². The number of likely N-dealkylation sites (N-methyl/N-ethyl adjacent to an activating group) is 1. The van der Waals surface area contributed by atoms with Crippen molar-refractivity contribution in [2.45, 2.75) is 37.6 Å². The molecule has 2 rings (SSSR count). The first-order valence-corrected chi connectivity index (χ1v) is 8.62. The highest BCUT2D eigenvalue weighted by Crippen LogP contribution is 2.22. The molecule has 7 heteroatoms. The van der Waals surface area contributed by atoms with E-state index in [9.17, 15) is 12.8 Å². The van der Waals surface area contributed by atoms with E-state index in [1.54, 1.807) is 0 Å². The van der Waals surface area contributed by atoms with Crippen molar-refractivity contribution in [1.29, 1.82) is 0 Å². The fraction of sp³-hybridized carbons (Fsp3) is 0.571. The number of nitrogen functional groups attached to an aromatic ring is 1. The maximum Gasteiger partial charge on any atom is 0.243 e. The van der Waals surface area contributed by atoms with Crippen molar-refractivity contribution in [3.8, 4) is 0 Å². The molecule has 0 amide bonds. The molecule has 1 aromatic rings. The third kappa shape index (κ3) is 3.72. The number of aryl methyl sites for hydroxylation is 1. The van der Waals surface area contributed by atoms with Crippen molar-refractivity contribution in [2.24, 2.45) is 0 Å². The van der Waals surface area contributed by atoms with Crippen LogP contribution < -0.4 is 10.5 Å². The summed E-state index contributed by atoms with van der Waals surface area (Å²) < 4.78 is 41.5. The van der Waals surface area contributed by atoms with E-state index in [1.165, 1.54) is 19.1 Å². The van der Waals surface area contributed by atoms with Gasteiger partial charge >= 0.3 is 0 Å². The molecule has 0 aliphatic carbocycles. The molecule has 118 valence electrons. The van der Waals surface area contributed by atoms with Gasteiger partial charge in [-0.1, -0.05) is 6.92 Å². The molecule has 1 aromatic carbocycles. The molecule has 5 nitrogen and oxygen atoms in total. The van der Waals surface area contributed by atoms with Crippen molar-refractivity contribution in [1.82, 2.24) is 9.62 Å². The van der Waals surface area contributed by atoms with Gasteiger partial charge in [0.05, 0.1) is 0 Å². The second kappa shape index (κ2) is 6.29. The van der Waals surface area contributed by atoms with Gasteiger partial charge in [0.15, 0.2) is 0 Å². The fourth-order valence-corrected chi connectivity index (χ4v) is 4.13. The van der Waals surface area contributed by atoms with E-state index in [0.717, 1.165) is 25.9 Å². The maximum atomic E-state index is 14.1. The number of nitrogens with two attached hydrogens (primary N) is 1. The van der Waals surface area contributed by atoms with Gasteiger partial charge < -0.3 is 10.6 Å². The molecule has 3 N–H and O–H groups in total. The highest BCUT2D eigenvalue weighted by molar-refractivity contribution is 7.89. The molecule has 1 fully saturated rings. The molecule has 0 bridgehead atoms. The molecule has 0 radical (unpaired) electrons. The standard InChI is InChI=1S/C14H22FN3O2S/c1-3-18-6-4-5-12(9-18)17-21(19,20)13-8-11(16)7-10(2)14(13)15/h7-8,12,17H,3-6,9,16H2,1-2H3. The van der Waals surface area contributed by atoms with Crippen LogP contribution in [0.4, 0.5) is 10.1 Å². The van der Waals surface area contributed by atoms with Gasteiger partial charge in [-0.25, -0.2) is 17.5 Å². The Kier molecular flexibility index (Phi) is 4.85. The first-order chi connectivity index (χ1) is 9.83. The van der Waals surface area contributed by atoms with Gasteiger partial charge in [0.1, 0.15) is 10.7 Å². The second-order valence-electron chi connectivity index (χ2n) is 5.50. The summed E-state index contributed by atoms with van der Waals surface area (Å²) >= 11 is 0. The summed E-state index contributed by atoms with van der Waals surface area (Å²) in [6.07, 6.45) is 1.69. The molecule has 1 unspecified atom stereocenters. The number of hydrogen-bond acceptors (Lipinski definition) is 4. The van der Waals surface area contributed by atoms with Crippen LogP contribution in [0.2, 0.25) is 0 Å². The zero-order valence-electron chi connectivity index (χ0n) is 12.4. The number of piperidine rings is 1. The average Bonchev–Trinajstić information content (AvgIpc) is 2.42. The Balaban J connectivity index is 2.23. The third-order valence-electron chi connectivity index (χ3n) is 3.81. The number of hydrogen-bond donors (Lipinski definition) is 2. The molecule has 0 spiro atoms. The summed E-state index contributed by atoms with van der Waals surface area (Å²) in [4.78, 5) is 1.81. The van der Waals surface area contributed by atoms with Crippen LogP contribution in [-0.2, 0) is 10.0 Å². The zero-order chi connectivity index (χ0) is 15.6. The Bertz CT molecular complexity index is 619. The molecule has 21 heavy (non-hydrogen) atoms. The third-order valence-corrected chi connectivity index (χ3v) is 5.33. The number of benzene rings is 1. The van der Waals surface area contributed by atoms with Crippen LogP contribution in [-0.4, -0.2) is 39.0 Å². The topological polar surface area (TPSA) is 75.4 Å². The molecule has 0 aromatic heterocycles. The highest BCUT2D eigenvalue weighted by atomic mass is 32.2. The second-order valence-corrected chi connectivity index (χ2v) is 7.19. The van der Waals surface area contributed by atoms with Crippen LogP contribution in [0, 0.1) is 12.7 Å². The van der Waals surface area contributed by atoms with Crippen LogP contribution in [0.15, 0.2) is 17.0 Å². The number of nitrogens with zero attached hydrogens (tertiary/aromatic N) is 1. The van der Waals surface area contributed by atoms with E-state index in [1.807, 2.05) is 6.92 Å². The highest BCUT2D eigenvalue weighted by Gasteiger charge is 2.27. The van der Waals surface area contributed by atoms with Crippen molar-refractivity contribution in [2.75, 3.05) is 25.4 Å². The quantitative estimate of drug-likeness (QED) is 0.825. The Hall–Kier alpha value is -1.18. The average molecular weight is 315 g/mol. The van der Waals surface area contributed by atoms with E-state index in [0.29, 0.717) is 6.54 Å². The Morgan fingerprint density at radius 1 is 1.48 bits per heavy atom. The molecule has 1 aliphatic rings. The van der Waals surface area contributed by atoms with E-state index in [2.05, 4.69) is 9.62 Å². The predicted molar refractivity (Wildman–Crippen MR) is 81.0 cm³/mol. The minimum absolute atomic E-state index is 0.190. The van der Waals surface area contributed by atoms with Crippen molar-refractivity contribution < 1.29 is 12.8 Å². The van der Waals surface area contributed by atoms with Crippen LogP contribution in [0.5, 0.6) is 0 Å². The molecule has 1 heterocycles. The summed E-state index contributed by atoms with van der Waals surface area (Å²) in [7, 11) is -3.90. The van der Waals surface area contributed by atoms with Crippen molar-refractivity contribution in [3.05, 3.63) is 23.5 Å². The summed E-state index contributed by atoms with van der Waals surface area (Å²) in [5, 5.41) is 0. The lowest BCUT2D eigenvalue weighted by Crippen LogP contribution is -2.47. The molecular formula is C14H22FN3O2S. The van der Waals surface area contributed by atoms with E-state index < -0.39 is 15.8 Å². The number of likely N-dealkylation sites (tertiary alicyclic amines) is 1. The zero-order valence-corrected chi connectivity index (χ0v) is 13.2. The van der Waals surface area contributed by atoms with Gasteiger partial charge in [0.25, 0.3) is 0 Å². The van der Waals surface area contributed by atoms with Crippen LogP contribution in [0.1, 0.15) is 25.3 Å². The van der Waals surface area contributed by atoms with E-state index >= 15 is 0 Å². The molecular weight excluding hydrogens is 293 g/mol. The number of rotatable bonds is 4. The smallest absolute Gasteiger partial charge is 0.243 e. The number of nitrogens with one attached hydrogen (secondary N) is 1. The van der Waals surface area contributed by atoms with Gasteiger partial charge in [-0.3, -0.25) is 0 Å². The summed E-state index contributed by atoms with van der Waals surface area (Å²) in [5.41, 5.74) is 6.11. The first kappa shape index (κ1) is 16.2. The van der Waals surface area contributed by atoms with Gasteiger partial charge in [0, 0.05) is 18.3 Å². The van der Waals surface area contributed by atoms with Gasteiger partial charge in [-0.15, -0.1) is 0 Å². The number of sulfonamides is 1. The fourth-order valence-electron chi connectivity index (χ4n) is 2.68. The van der Waals surface area contributed by atoms with Gasteiger partial charge in [0.2, 0.25) is 10.0 Å². The SMILES string of the molecule is CCN1CCCC(NS(=O)(=O)c2cc(N)cc(C)c2F)C1. The van der Waals surface area contributed by atoms with Gasteiger partial charge in [-0.05, 0) is 50.6 Å². The van der Waals surface area contributed by atoms with Gasteiger partial charge in [-0.2, -0.15) is 0 Å². The minimum Gasteiger partial charge on any atom is -0.399 e. The molecule has 0 saturated carbocycles. The Morgan fingerprint density at radius 2 is 2.19 bits per heavy atom. The number of halogens is 1. The summed E-state index contributed by atoms with van der Waals surface area (Å²) in [6, 6.07) is 2.41. The largest absolute Gasteiger partial charge is 0.399 e. The maximum absolute atomic E-state index is 14.1. The van der Waals surface area contributed by atoms with Crippen molar-refractivity contribution >= 4 is 15.7 Å². The lowest BCUT2D eigenvalue weighted by molar-refractivity contribution is 0.211. The normalized spacial score (nSPS) is 20.6. The lowest BCUT2D eigenvalue weighted by Gasteiger charge is -2.32. The van der Waals surface area contributed by atoms with Crippen molar-refractivity contribution in [3.63, 3.8) is 0 Å². The predicted octanol–water partition coefficient (Wildman–Crippen LogP) is 1.48. The minimum atomic E-state index is -3.90. The first-order valence-electron chi connectivity index (χ1n) is 7.13. The summed E-state index contributed by atoms with van der Waals surface area (Å²) in [6.45, 7) is 6.05. The molecule has 1 aliphatic heterocycles. The molecule has 1 saturated heterocycles. The summed E-state index contributed by atoms with van der Waals surface area (Å²) in [5.74, 6) is -0.736. The van der Waals surface area contributed by atoms with E-state index in [-0.39, 0.29) is 22.2 Å². The lowest BCUT2D eigenvalue weighted by atomic mass is 10.1. The monoisotopic (exact) mass is 315 g/mol. The Labute approximate surface area is 125 Å². The van der Waals surface area contributed by atoms with Crippen LogP contribution >= 0.6 is 0 Å². The molecule has 1 atom stereocenters.